The van der Waals surface area contributed by atoms with E-state index in [1.54, 1.807) is 0 Å². The number of aliphatic hydroxyl groups excluding tert-OH is 3. The number of unbranched alkanes of at least 4 members (excludes halogenated alkanes) is 2. The van der Waals surface area contributed by atoms with Gasteiger partial charge in [-0.1, -0.05) is 0 Å². The van der Waals surface area contributed by atoms with Gasteiger partial charge in [-0.3, -0.25) is 0 Å². The van der Waals surface area contributed by atoms with Crippen LogP contribution in [-0.2, 0) is 4.74 Å². The third-order valence-electron chi connectivity index (χ3n) is 4.66. The van der Waals surface area contributed by atoms with Crippen molar-refractivity contribution in [2.75, 3.05) is 5.73 Å². The van der Waals surface area contributed by atoms with E-state index >= 15 is 0 Å². The zero-order valence-electron chi connectivity index (χ0n) is 15.3. The van der Waals surface area contributed by atoms with Gasteiger partial charge < -0.3 is 0 Å². The summed E-state index contributed by atoms with van der Waals surface area (Å²) in [6.07, 6.45) is 0.901. The average molecular weight is 474 g/mol. The molecule has 0 spiro atoms. The zero-order chi connectivity index (χ0) is 19.3. The van der Waals surface area contributed by atoms with Crippen LogP contribution in [0.2, 0.25) is 8.87 Å². The van der Waals surface area contributed by atoms with Crippen molar-refractivity contribution in [3.8, 4) is 0 Å². The van der Waals surface area contributed by atoms with Crippen molar-refractivity contribution in [3.05, 3.63) is 22.7 Å². The summed E-state index contributed by atoms with van der Waals surface area (Å²) in [7, 11) is 0. The monoisotopic (exact) mass is 475 g/mol. The summed E-state index contributed by atoms with van der Waals surface area (Å²) in [4.78, 5) is 15.6. The van der Waals surface area contributed by atoms with Gasteiger partial charge in [-0.15, -0.1) is 0 Å². The molecular formula is C17H29N3O5Sn. The molecule has 0 aromatic carbocycles. The third kappa shape index (κ3) is 4.92. The van der Waals surface area contributed by atoms with Crippen LogP contribution < -0.4 is 11.4 Å². The minimum atomic E-state index is -2.32. The Kier molecular flexibility index (Phi) is 8.21. The van der Waals surface area contributed by atoms with Gasteiger partial charge in [0, 0.05) is 0 Å². The second-order valence-electron chi connectivity index (χ2n) is 6.67. The molecule has 2 heterocycles. The number of hydrogen-bond acceptors (Lipinski definition) is 7. The summed E-state index contributed by atoms with van der Waals surface area (Å²) in [6, 6.07) is 1.42. The molecule has 0 bridgehead atoms. The molecule has 1 saturated heterocycles. The van der Waals surface area contributed by atoms with Gasteiger partial charge in [0.2, 0.25) is 0 Å². The molecule has 8 nitrogen and oxygen atoms in total. The number of aromatic nitrogens is 2. The van der Waals surface area contributed by atoms with Gasteiger partial charge in [0.25, 0.3) is 0 Å². The standard InChI is InChI=1S/C9H11N3O5.2C4H9.Sn/c10-5-1-2-12(9(16)11-5)8-7(15)6(14)4(3-13)17-8;2*1-3-4-2;/h1-2,4,6-8,13-15H,(H2,10,11,16);2*1,3-4H2,2H3;/t4-,6-,7-,8-;;;/m1.../s1. The first-order valence-corrected chi connectivity index (χ1v) is 14.6. The van der Waals surface area contributed by atoms with Crippen molar-refractivity contribution in [3.63, 3.8) is 0 Å². The quantitative estimate of drug-likeness (QED) is 0.407. The van der Waals surface area contributed by atoms with E-state index in [0.717, 1.165) is 39.1 Å². The van der Waals surface area contributed by atoms with E-state index < -0.39 is 49.5 Å². The van der Waals surface area contributed by atoms with Crippen molar-refractivity contribution >= 4 is 28.8 Å². The molecule has 1 aliphatic heterocycles. The Hall–Kier alpha value is -0.811. The van der Waals surface area contributed by atoms with Crippen LogP contribution in [0, 0.1) is 0 Å². The molecule has 4 atom stereocenters. The molecule has 9 heteroatoms. The molecular weight excluding hydrogens is 445 g/mol. The maximum absolute atomic E-state index is 12.0. The van der Waals surface area contributed by atoms with Crippen molar-refractivity contribution in [2.45, 2.75) is 72.9 Å². The summed E-state index contributed by atoms with van der Waals surface area (Å²) in [5.41, 5.74) is 4.81. The second-order valence-corrected chi connectivity index (χ2v) is 14.4. The third-order valence-corrected chi connectivity index (χ3v) is 13.0. The van der Waals surface area contributed by atoms with E-state index in [0.29, 0.717) is 0 Å². The number of nitrogens with two attached hydrogens (primary N) is 1. The summed E-state index contributed by atoms with van der Waals surface area (Å²) in [5.74, 6) is 0.0694. The van der Waals surface area contributed by atoms with Gasteiger partial charge in [0.05, 0.1) is 0 Å². The fourth-order valence-corrected chi connectivity index (χ4v) is 11.6. The Labute approximate surface area is 159 Å². The van der Waals surface area contributed by atoms with Crippen LogP contribution >= 0.6 is 0 Å². The van der Waals surface area contributed by atoms with Gasteiger partial charge in [-0.25, -0.2) is 0 Å². The van der Waals surface area contributed by atoms with Crippen LogP contribution in [0.4, 0.5) is 5.82 Å². The summed E-state index contributed by atoms with van der Waals surface area (Å²) in [6.45, 7) is 4.22. The number of hydrogen-bond donors (Lipinski definition) is 4. The van der Waals surface area contributed by atoms with Gasteiger partial charge in [-0.2, -0.15) is 0 Å². The van der Waals surface area contributed by atoms with Crippen LogP contribution in [0.3, 0.4) is 0 Å². The van der Waals surface area contributed by atoms with E-state index in [1.807, 2.05) is 0 Å². The zero-order valence-corrected chi connectivity index (χ0v) is 18.2. The van der Waals surface area contributed by atoms with Crippen LogP contribution in [0.1, 0.15) is 45.8 Å². The molecule has 2 rings (SSSR count). The summed E-state index contributed by atoms with van der Waals surface area (Å²) in [5, 5.41) is 31.6. The van der Waals surface area contributed by atoms with Crippen LogP contribution in [0.25, 0.3) is 0 Å². The van der Waals surface area contributed by atoms with Gasteiger partial charge >= 0.3 is 160 Å². The molecule has 1 fully saturated rings. The molecule has 1 aromatic rings. The maximum atomic E-state index is 12.0. The van der Waals surface area contributed by atoms with Gasteiger partial charge in [0.15, 0.2) is 0 Å². The van der Waals surface area contributed by atoms with Crippen molar-refractivity contribution < 1.29 is 20.1 Å². The van der Waals surface area contributed by atoms with Crippen LogP contribution in [0.15, 0.2) is 17.1 Å². The molecule has 0 unspecified atom stereocenters. The number of ether oxygens (including phenoxy) is 1. The molecule has 0 radical (unpaired) electrons. The number of aliphatic hydroxyl groups is 3. The van der Waals surface area contributed by atoms with E-state index in [1.165, 1.54) is 12.3 Å². The molecule has 0 saturated carbocycles. The molecule has 1 aromatic heterocycles. The predicted octanol–water partition coefficient (Wildman–Crippen LogP) is 0.624. The van der Waals surface area contributed by atoms with Crippen molar-refractivity contribution in [2.24, 2.45) is 0 Å². The Morgan fingerprint density at radius 2 is 1.88 bits per heavy atom. The molecule has 5 N–H and O–H groups in total. The Morgan fingerprint density at radius 3 is 2.42 bits per heavy atom. The first-order chi connectivity index (χ1) is 12.4. The molecule has 0 aliphatic carbocycles. The Bertz CT molecular complexity index is 683. The van der Waals surface area contributed by atoms with E-state index in [4.69, 9.17) is 10.5 Å². The molecule has 26 heavy (non-hydrogen) atoms. The van der Waals surface area contributed by atoms with Crippen LogP contribution in [-0.4, -0.2) is 66.2 Å². The number of rotatable bonds is 8. The number of nitrogen functional groups attached to an aromatic ring is 1. The Balaban J connectivity index is 2.28. The molecule has 0 amide bonds. The van der Waals surface area contributed by atoms with Crippen LogP contribution in [0.5, 0.6) is 0 Å². The molecule has 146 valence electrons. The average Bonchev–Trinajstić information content (AvgIpc) is 2.90. The van der Waals surface area contributed by atoms with Crippen molar-refractivity contribution in [1.82, 2.24) is 9.55 Å². The van der Waals surface area contributed by atoms with Gasteiger partial charge in [0.1, 0.15) is 0 Å². The first kappa shape index (κ1) is 21.5. The van der Waals surface area contributed by atoms with Crippen molar-refractivity contribution in [1.29, 1.82) is 0 Å². The first-order valence-electron chi connectivity index (χ1n) is 9.17. The van der Waals surface area contributed by atoms with Gasteiger partial charge in [-0.05, 0) is 0 Å². The second kappa shape index (κ2) is 9.93. The summed E-state index contributed by atoms with van der Waals surface area (Å²) >= 11 is -2.32. The minimum absolute atomic E-state index is 0.0694. The number of anilines is 1. The normalized spacial score (nSPS) is 25.4. The van der Waals surface area contributed by atoms with E-state index in [2.05, 4.69) is 18.8 Å². The predicted molar refractivity (Wildman–Crippen MR) is 101 cm³/mol. The SMILES string of the molecule is CCC[CH2][Sn]([CH2]CCC)=[C](O)[C@H]1O[C@@H](n2ccc(N)nc2=O)[C@H](O)[C@@H]1O. The number of nitrogens with zero attached hydrogens (tertiary/aromatic N) is 2. The fraction of sp³-hybridized carbons (Fsp3) is 0.706. The van der Waals surface area contributed by atoms with E-state index in [9.17, 15) is 20.1 Å². The Morgan fingerprint density at radius 1 is 1.27 bits per heavy atom. The fourth-order valence-electron chi connectivity index (χ4n) is 3.10. The van der Waals surface area contributed by atoms with E-state index in [-0.39, 0.29) is 9.52 Å². The molecule has 1 aliphatic rings. The summed E-state index contributed by atoms with van der Waals surface area (Å²) < 4.78 is 9.05. The topological polar surface area (TPSA) is 131 Å².